The van der Waals surface area contributed by atoms with Crippen LogP contribution in [0.25, 0.3) is 5.69 Å². The smallest absolute Gasteiger partial charge is 0.341 e. The zero-order valence-electron chi connectivity index (χ0n) is 13.9. The van der Waals surface area contributed by atoms with Gasteiger partial charge in [0.15, 0.2) is 0 Å². The van der Waals surface area contributed by atoms with Crippen LogP contribution in [0.1, 0.15) is 40.1 Å². The van der Waals surface area contributed by atoms with E-state index < -0.39 is 11.5 Å². The van der Waals surface area contributed by atoms with Crippen LogP contribution in [0, 0.1) is 12.8 Å². The van der Waals surface area contributed by atoms with Gasteiger partial charge in [0.2, 0.25) is 0 Å². The summed E-state index contributed by atoms with van der Waals surface area (Å²) in [6.45, 7) is 6.12. The fourth-order valence-corrected chi connectivity index (χ4v) is 2.29. The molecular weight excluding hydrogens is 308 g/mol. The maximum atomic E-state index is 12.4. The molecule has 0 aliphatic rings. The minimum absolute atomic E-state index is 0.232. The fraction of sp³-hybridized carbons (Fsp3) is 0.278. The van der Waals surface area contributed by atoms with E-state index in [4.69, 9.17) is 0 Å². The van der Waals surface area contributed by atoms with E-state index in [0.717, 1.165) is 0 Å². The highest BCUT2D eigenvalue weighted by molar-refractivity contribution is 5.94. The molecule has 1 aromatic heterocycles. The minimum atomic E-state index is -1.27. The number of carbonyl (C=O) groups is 2. The van der Waals surface area contributed by atoms with Gasteiger partial charge in [0.1, 0.15) is 5.56 Å². The lowest BCUT2D eigenvalue weighted by atomic mass is 10.1. The average molecular weight is 328 g/mol. The van der Waals surface area contributed by atoms with Crippen molar-refractivity contribution in [2.24, 2.45) is 5.92 Å². The molecule has 2 N–H and O–H groups in total. The van der Waals surface area contributed by atoms with Crippen LogP contribution >= 0.6 is 0 Å². The van der Waals surface area contributed by atoms with E-state index in [0.29, 0.717) is 29.3 Å². The second-order valence-electron chi connectivity index (χ2n) is 6.01. The summed E-state index contributed by atoms with van der Waals surface area (Å²) in [5.41, 5.74) is 0.362. The van der Waals surface area contributed by atoms with Crippen molar-refractivity contribution in [3.63, 3.8) is 0 Å². The van der Waals surface area contributed by atoms with Crippen molar-refractivity contribution in [1.29, 1.82) is 0 Å². The third kappa shape index (κ3) is 3.71. The van der Waals surface area contributed by atoms with E-state index in [2.05, 4.69) is 5.32 Å². The third-order valence-electron chi connectivity index (χ3n) is 3.57. The number of carboxylic acid groups (broad SMARTS) is 1. The summed E-state index contributed by atoms with van der Waals surface area (Å²) in [5, 5.41) is 12.0. The van der Waals surface area contributed by atoms with Gasteiger partial charge in [0.05, 0.1) is 0 Å². The Bertz CT molecular complexity index is 837. The first kappa shape index (κ1) is 17.5. The van der Waals surface area contributed by atoms with Crippen LogP contribution in [0.15, 0.2) is 41.3 Å². The van der Waals surface area contributed by atoms with Crippen molar-refractivity contribution >= 4 is 11.9 Å². The first-order valence-electron chi connectivity index (χ1n) is 7.65. The Hall–Kier alpha value is -2.89. The molecule has 1 amide bonds. The van der Waals surface area contributed by atoms with Gasteiger partial charge in [-0.25, -0.2) is 4.79 Å². The van der Waals surface area contributed by atoms with Crippen molar-refractivity contribution in [1.82, 2.24) is 9.88 Å². The number of amides is 1. The Labute approximate surface area is 139 Å². The van der Waals surface area contributed by atoms with E-state index >= 15 is 0 Å². The van der Waals surface area contributed by atoms with Gasteiger partial charge in [-0.05, 0) is 42.7 Å². The normalized spacial score (nSPS) is 10.7. The number of rotatable bonds is 5. The van der Waals surface area contributed by atoms with Crippen LogP contribution in [0.2, 0.25) is 0 Å². The molecule has 1 aromatic carbocycles. The summed E-state index contributed by atoms with van der Waals surface area (Å²) in [4.78, 5) is 35.8. The fourth-order valence-electron chi connectivity index (χ4n) is 2.29. The summed E-state index contributed by atoms with van der Waals surface area (Å²) in [6, 6.07) is 8.10. The van der Waals surface area contributed by atoms with E-state index in [9.17, 15) is 19.5 Å². The number of hydrogen-bond donors (Lipinski definition) is 2. The van der Waals surface area contributed by atoms with Gasteiger partial charge in [0, 0.05) is 24.0 Å². The van der Waals surface area contributed by atoms with Gasteiger partial charge in [-0.15, -0.1) is 0 Å². The maximum absolute atomic E-state index is 12.4. The Kier molecular flexibility index (Phi) is 5.18. The highest BCUT2D eigenvalue weighted by Gasteiger charge is 2.16. The summed E-state index contributed by atoms with van der Waals surface area (Å²) in [7, 11) is 0. The number of aromatic carboxylic acids is 1. The quantitative estimate of drug-likeness (QED) is 0.881. The summed E-state index contributed by atoms with van der Waals surface area (Å²) in [5.74, 6) is -1.17. The summed E-state index contributed by atoms with van der Waals surface area (Å²) < 4.78 is 1.23. The topological polar surface area (TPSA) is 88.4 Å². The molecule has 0 fully saturated rings. The lowest BCUT2D eigenvalue weighted by Gasteiger charge is -2.11. The molecule has 0 saturated carbocycles. The molecule has 0 spiro atoms. The molecule has 0 saturated heterocycles. The van der Waals surface area contributed by atoms with Gasteiger partial charge >= 0.3 is 5.97 Å². The predicted molar refractivity (Wildman–Crippen MR) is 90.9 cm³/mol. The van der Waals surface area contributed by atoms with Crippen LogP contribution in [-0.4, -0.2) is 28.1 Å². The van der Waals surface area contributed by atoms with Crippen molar-refractivity contribution in [3.05, 3.63) is 63.6 Å². The van der Waals surface area contributed by atoms with E-state index in [-0.39, 0.29) is 11.5 Å². The van der Waals surface area contributed by atoms with E-state index in [1.165, 1.54) is 10.8 Å². The molecule has 6 heteroatoms. The zero-order valence-corrected chi connectivity index (χ0v) is 13.9. The standard InChI is InChI=1S/C18H20N2O4/c1-11(2)10-19-16(21)13-5-4-6-14(9-13)20-8-7-12(3)15(17(20)22)18(23)24/h4-9,11H,10H2,1-3H3,(H,19,21)(H,23,24). The highest BCUT2D eigenvalue weighted by atomic mass is 16.4. The Morgan fingerprint density at radius 2 is 1.96 bits per heavy atom. The molecule has 24 heavy (non-hydrogen) atoms. The number of hydrogen-bond acceptors (Lipinski definition) is 3. The Morgan fingerprint density at radius 3 is 2.58 bits per heavy atom. The van der Waals surface area contributed by atoms with Gasteiger partial charge in [-0.1, -0.05) is 19.9 Å². The van der Waals surface area contributed by atoms with Crippen molar-refractivity contribution in [2.75, 3.05) is 6.54 Å². The first-order valence-corrected chi connectivity index (χ1v) is 7.65. The Balaban J connectivity index is 2.43. The maximum Gasteiger partial charge on any atom is 0.341 e. The Morgan fingerprint density at radius 1 is 1.25 bits per heavy atom. The number of carbonyl (C=O) groups excluding carboxylic acids is 1. The molecule has 6 nitrogen and oxygen atoms in total. The molecule has 2 rings (SSSR count). The molecular formula is C18H20N2O4. The van der Waals surface area contributed by atoms with Crippen LogP contribution in [0.4, 0.5) is 0 Å². The first-order chi connectivity index (χ1) is 11.3. The molecule has 1 heterocycles. The monoisotopic (exact) mass is 328 g/mol. The van der Waals surface area contributed by atoms with Crippen molar-refractivity contribution in [3.8, 4) is 5.69 Å². The molecule has 0 atom stereocenters. The van der Waals surface area contributed by atoms with Gasteiger partial charge in [0.25, 0.3) is 11.5 Å². The van der Waals surface area contributed by atoms with Gasteiger partial charge in [-0.3, -0.25) is 14.2 Å². The second-order valence-corrected chi connectivity index (χ2v) is 6.01. The largest absolute Gasteiger partial charge is 0.477 e. The van der Waals surface area contributed by atoms with Crippen LogP contribution in [-0.2, 0) is 0 Å². The minimum Gasteiger partial charge on any atom is -0.477 e. The molecule has 0 aliphatic heterocycles. The number of carboxylic acids is 1. The summed E-state index contributed by atoms with van der Waals surface area (Å²) in [6.07, 6.45) is 1.51. The number of nitrogens with one attached hydrogen (secondary N) is 1. The van der Waals surface area contributed by atoms with Crippen LogP contribution in [0.3, 0.4) is 0 Å². The van der Waals surface area contributed by atoms with Gasteiger partial charge < -0.3 is 10.4 Å². The van der Waals surface area contributed by atoms with E-state index in [1.54, 1.807) is 37.3 Å². The van der Waals surface area contributed by atoms with Crippen LogP contribution in [0.5, 0.6) is 0 Å². The number of aromatic nitrogens is 1. The van der Waals surface area contributed by atoms with E-state index in [1.807, 2.05) is 13.8 Å². The third-order valence-corrected chi connectivity index (χ3v) is 3.57. The SMILES string of the molecule is Cc1ccn(-c2cccc(C(=O)NCC(C)C)c2)c(=O)c1C(=O)O. The number of benzene rings is 1. The number of aryl methyl sites for hydroxylation is 1. The summed E-state index contributed by atoms with van der Waals surface area (Å²) >= 11 is 0. The molecule has 126 valence electrons. The molecule has 0 aliphatic carbocycles. The lowest BCUT2D eigenvalue weighted by molar-refractivity contribution is 0.0693. The molecule has 0 radical (unpaired) electrons. The number of nitrogens with zero attached hydrogens (tertiary/aromatic N) is 1. The molecule has 0 unspecified atom stereocenters. The average Bonchev–Trinajstić information content (AvgIpc) is 2.52. The second kappa shape index (κ2) is 7.12. The highest BCUT2D eigenvalue weighted by Crippen LogP contribution is 2.11. The van der Waals surface area contributed by atoms with Crippen molar-refractivity contribution < 1.29 is 14.7 Å². The zero-order chi connectivity index (χ0) is 17.9. The van der Waals surface area contributed by atoms with Crippen molar-refractivity contribution in [2.45, 2.75) is 20.8 Å². The molecule has 2 aromatic rings. The molecule has 0 bridgehead atoms. The number of pyridine rings is 1. The lowest BCUT2D eigenvalue weighted by Crippen LogP contribution is -2.28. The van der Waals surface area contributed by atoms with Gasteiger partial charge in [-0.2, -0.15) is 0 Å². The van der Waals surface area contributed by atoms with Crippen LogP contribution < -0.4 is 10.9 Å². The predicted octanol–water partition coefficient (Wildman–Crippen LogP) is 2.23.